The van der Waals surface area contributed by atoms with Gasteiger partial charge in [-0.1, -0.05) is 66.4 Å². The van der Waals surface area contributed by atoms with Crippen LogP contribution in [0.2, 0.25) is 0 Å². The van der Waals surface area contributed by atoms with Gasteiger partial charge in [0, 0.05) is 19.2 Å². The third-order valence-electron chi connectivity index (χ3n) is 7.41. The highest BCUT2D eigenvalue weighted by Gasteiger charge is 2.37. The van der Waals surface area contributed by atoms with Gasteiger partial charge < -0.3 is 15.0 Å². The van der Waals surface area contributed by atoms with Crippen molar-refractivity contribution in [3.8, 4) is 0 Å². The fourth-order valence-corrected chi connectivity index (χ4v) is 5.47. The van der Waals surface area contributed by atoms with Gasteiger partial charge in [-0.3, -0.25) is 9.59 Å². The summed E-state index contributed by atoms with van der Waals surface area (Å²) in [6, 6.07) is 14.9. The molecule has 5 rings (SSSR count). The number of nitrogens with zero attached hydrogens (tertiary/aromatic N) is 4. The number of hydrogen-bond acceptors (Lipinski definition) is 5. The minimum atomic E-state index is -0.711. The van der Waals surface area contributed by atoms with Crippen LogP contribution in [0, 0.1) is 6.92 Å². The summed E-state index contributed by atoms with van der Waals surface area (Å²) in [5.41, 5.74) is 3.50. The summed E-state index contributed by atoms with van der Waals surface area (Å²) in [7, 11) is 0. The Bertz CT molecular complexity index is 1180. The molecule has 190 valence electrons. The monoisotopic (exact) mass is 489 g/mol. The van der Waals surface area contributed by atoms with Gasteiger partial charge in [0.15, 0.2) is 0 Å². The van der Waals surface area contributed by atoms with Crippen LogP contribution >= 0.6 is 0 Å². The van der Waals surface area contributed by atoms with Crippen LogP contribution in [0.3, 0.4) is 0 Å². The van der Waals surface area contributed by atoms with E-state index in [-0.39, 0.29) is 30.5 Å². The molecule has 0 bridgehead atoms. The van der Waals surface area contributed by atoms with Crippen molar-refractivity contribution in [1.29, 1.82) is 0 Å². The molecule has 1 saturated carbocycles. The maximum Gasteiger partial charge on any atom is 0.247 e. The largest absolute Gasteiger partial charge is 0.376 e. The molecule has 1 N–H and O–H groups in total. The lowest BCUT2D eigenvalue weighted by atomic mass is 9.91. The van der Waals surface area contributed by atoms with Gasteiger partial charge in [0.05, 0.1) is 11.6 Å². The quantitative estimate of drug-likeness (QED) is 0.518. The van der Waals surface area contributed by atoms with E-state index in [0.29, 0.717) is 6.54 Å². The Hall–Kier alpha value is -3.26. The van der Waals surface area contributed by atoms with E-state index in [9.17, 15) is 9.59 Å². The highest BCUT2D eigenvalue weighted by Crippen LogP contribution is 2.32. The maximum atomic E-state index is 14.0. The second-order valence-corrected chi connectivity index (χ2v) is 10.0. The number of amides is 2. The van der Waals surface area contributed by atoms with Crippen LogP contribution in [-0.4, -0.2) is 57.0 Å². The van der Waals surface area contributed by atoms with Gasteiger partial charge in [-0.2, -0.15) is 0 Å². The molecule has 2 aliphatic rings. The van der Waals surface area contributed by atoms with Crippen LogP contribution in [0.25, 0.3) is 11.0 Å². The maximum absolute atomic E-state index is 14.0. The minimum Gasteiger partial charge on any atom is -0.376 e. The van der Waals surface area contributed by atoms with E-state index in [0.717, 1.165) is 73.7 Å². The summed E-state index contributed by atoms with van der Waals surface area (Å²) in [6.45, 7) is 3.26. The van der Waals surface area contributed by atoms with Crippen molar-refractivity contribution in [2.45, 2.75) is 76.6 Å². The third kappa shape index (κ3) is 5.43. The normalized spacial score (nSPS) is 19.3. The summed E-state index contributed by atoms with van der Waals surface area (Å²) in [6.07, 6.45) is 7.05. The van der Waals surface area contributed by atoms with Gasteiger partial charge in [-0.25, -0.2) is 4.68 Å². The molecule has 1 aromatic heterocycles. The SMILES string of the molecule is Cc1ccc([C@@H](C(=O)NC[C@@H]2CCCO2)N(C(=O)Cn2nnc3ccccc32)C2CCCCC2)cc1. The molecule has 2 aromatic carbocycles. The van der Waals surface area contributed by atoms with Crippen LogP contribution in [0.15, 0.2) is 48.5 Å². The number of aryl methyl sites for hydroxylation is 1. The van der Waals surface area contributed by atoms with Crippen molar-refractivity contribution in [3.05, 3.63) is 59.7 Å². The molecule has 3 aromatic rings. The molecule has 2 fully saturated rings. The summed E-state index contributed by atoms with van der Waals surface area (Å²) < 4.78 is 7.37. The minimum absolute atomic E-state index is 0.000759. The standard InChI is InChI=1S/C28H35N5O3/c1-20-13-15-21(16-14-20)27(28(35)29-18-23-10-7-17-36-23)33(22-8-3-2-4-9-22)26(34)19-32-25-12-6-5-11-24(25)30-31-32/h5-6,11-16,22-23,27H,2-4,7-10,17-19H2,1H3,(H,29,35)/t23-,27-/m0/s1. The Balaban J connectivity index is 1.47. The highest BCUT2D eigenvalue weighted by atomic mass is 16.5. The topological polar surface area (TPSA) is 89.4 Å². The number of benzene rings is 2. The van der Waals surface area contributed by atoms with Crippen LogP contribution < -0.4 is 5.32 Å². The zero-order valence-electron chi connectivity index (χ0n) is 20.9. The summed E-state index contributed by atoms with van der Waals surface area (Å²) in [5, 5.41) is 11.6. The van der Waals surface area contributed by atoms with Crippen LogP contribution in [-0.2, 0) is 20.9 Å². The molecular formula is C28H35N5O3. The number of aromatic nitrogens is 3. The number of rotatable bonds is 8. The van der Waals surface area contributed by atoms with Gasteiger partial charge >= 0.3 is 0 Å². The average molecular weight is 490 g/mol. The summed E-state index contributed by atoms with van der Waals surface area (Å²) >= 11 is 0. The van der Waals surface area contributed by atoms with Gasteiger partial charge in [0.25, 0.3) is 0 Å². The second-order valence-electron chi connectivity index (χ2n) is 10.0. The van der Waals surface area contributed by atoms with E-state index < -0.39 is 6.04 Å². The Morgan fingerprint density at radius 1 is 1.06 bits per heavy atom. The Morgan fingerprint density at radius 2 is 1.83 bits per heavy atom. The number of para-hydroxylation sites is 1. The van der Waals surface area contributed by atoms with E-state index >= 15 is 0 Å². The molecular weight excluding hydrogens is 454 g/mol. The highest BCUT2D eigenvalue weighted by molar-refractivity contribution is 5.89. The molecule has 1 aliphatic heterocycles. The summed E-state index contributed by atoms with van der Waals surface area (Å²) in [4.78, 5) is 29.7. The van der Waals surface area contributed by atoms with Crippen molar-refractivity contribution in [1.82, 2.24) is 25.2 Å². The lowest BCUT2D eigenvalue weighted by molar-refractivity contribution is -0.145. The van der Waals surface area contributed by atoms with Gasteiger partial charge in [-0.05, 0) is 50.3 Å². The molecule has 8 heteroatoms. The number of carbonyl (C=O) groups is 2. The van der Waals surface area contributed by atoms with Gasteiger partial charge in [0.2, 0.25) is 11.8 Å². The van der Waals surface area contributed by atoms with Crippen molar-refractivity contribution in [3.63, 3.8) is 0 Å². The van der Waals surface area contributed by atoms with Crippen LogP contribution in [0.5, 0.6) is 0 Å². The first-order valence-electron chi connectivity index (χ1n) is 13.2. The molecule has 0 radical (unpaired) electrons. The number of ether oxygens (including phenoxy) is 1. The predicted octanol–water partition coefficient (Wildman–Crippen LogP) is 3.94. The number of nitrogens with one attached hydrogen (secondary N) is 1. The Morgan fingerprint density at radius 3 is 2.58 bits per heavy atom. The molecule has 1 aliphatic carbocycles. The Labute approximate surface area is 212 Å². The lowest BCUT2D eigenvalue weighted by Gasteiger charge is -2.39. The van der Waals surface area contributed by atoms with Crippen molar-refractivity contribution < 1.29 is 14.3 Å². The first-order chi connectivity index (χ1) is 17.6. The molecule has 36 heavy (non-hydrogen) atoms. The smallest absolute Gasteiger partial charge is 0.247 e. The fourth-order valence-electron chi connectivity index (χ4n) is 5.47. The van der Waals surface area contributed by atoms with E-state index in [1.54, 1.807) is 4.68 Å². The lowest BCUT2D eigenvalue weighted by Crippen LogP contribution is -2.51. The van der Waals surface area contributed by atoms with Crippen molar-refractivity contribution in [2.24, 2.45) is 0 Å². The summed E-state index contributed by atoms with van der Waals surface area (Å²) in [5.74, 6) is -0.271. The van der Waals surface area contributed by atoms with Crippen LogP contribution in [0.4, 0.5) is 0 Å². The van der Waals surface area contributed by atoms with Gasteiger partial charge in [-0.15, -0.1) is 5.10 Å². The van der Waals surface area contributed by atoms with Gasteiger partial charge in [0.1, 0.15) is 18.1 Å². The van der Waals surface area contributed by atoms with Crippen molar-refractivity contribution in [2.75, 3.05) is 13.2 Å². The average Bonchev–Trinajstić information content (AvgIpc) is 3.57. The first kappa shape index (κ1) is 24.4. The number of fused-ring (bicyclic) bond motifs is 1. The zero-order chi connectivity index (χ0) is 24.9. The fraction of sp³-hybridized carbons (Fsp3) is 0.500. The third-order valence-corrected chi connectivity index (χ3v) is 7.41. The first-order valence-corrected chi connectivity index (χ1v) is 13.2. The molecule has 2 heterocycles. The van der Waals surface area contributed by atoms with Crippen molar-refractivity contribution >= 4 is 22.8 Å². The molecule has 2 amide bonds. The van der Waals surface area contributed by atoms with E-state index in [4.69, 9.17) is 4.74 Å². The van der Waals surface area contributed by atoms with E-state index in [1.165, 1.54) is 0 Å². The Kier molecular flexibility index (Phi) is 7.60. The second kappa shape index (κ2) is 11.2. The number of carbonyl (C=O) groups excluding carboxylic acids is 2. The molecule has 8 nitrogen and oxygen atoms in total. The molecule has 1 saturated heterocycles. The predicted molar refractivity (Wildman–Crippen MR) is 137 cm³/mol. The molecule has 0 spiro atoms. The molecule has 0 unspecified atom stereocenters. The molecule has 2 atom stereocenters. The van der Waals surface area contributed by atoms with E-state index in [1.807, 2.05) is 60.4 Å². The number of hydrogen-bond donors (Lipinski definition) is 1. The van der Waals surface area contributed by atoms with Crippen LogP contribution in [0.1, 0.15) is 62.1 Å². The zero-order valence-corrected chi connectivity index (χ0v) is 20.9. The van der Waals surface area contributed by atoms with E-state index in [2.05, 4.69) is 15.6 Å².